The maximum Gasteiger partial charge on any atom is 0.237 e. The first-order valence-electron chi connectivity index (χ1n) is 8.72. The quantitative estimate of drug-likeness (QED) is 0.453. The van der Waals surface area contributed by atoms with Gasteiger partial charge < -0.3 is 9.88 Å². The van der Waals surface area contributed by atoms with Gasteiger partial charge in [0.1, 0.15) is 0 Å². The molecule has 6 heteroatoms. The molecule has 4 aromatic rings. The number of hydrogen-bond donors (Lipinski definition) is 1. The molecule has 136 valence electrons. The number of anilines is 1. The van der Waals surface area contributed by atoms with Gasteiger partial charge in [-0.2, -0.15) is 0 Å². The second-order valence-electron chi connectivity index (χ2n) is 6.13. The molecule has 0 aliphatic heterocycles. The molecule has 1 amide bonds. The highest BCUT2D eigenvalue weighted by atomic mass is 35.5. The molecule has 0 unspecified atom stereocenters. The van der Waals surface area contributed by atoms with Gasteiger partial charge in [-0.25, -0.2) is 4.98 Å². The van der Waals surface area contributed by atoms with Crippen molar-refractivity contribution < 1.29 is 4.79 Å². The van der Waals surface area contributed by atoms with E-state index in [1.807, 2.05) is 54.3 Å². The van der Waals surface area contributed by atoms with Crippen molar-refractivity contribution in [3.05, 3.63) is 65.7 Å². The fourth-order valence-electron chi connectivity index (χ4n) is 3.16. The number of nitrogens with zero attached hydrogens (tertiary/aromatic N) is 2. The van der Waals surface area contributed by atoms with Gasteiger partial charge in [-0.3, -0.25) is 4.79 Å². The molecule has 4 rings (SSSR count). The number of fused-ring (bicyclic) bond motifs is 2. The monoisotopic (exact) mass is 395 g/mol. The van der Waals surface area contributed by atoms with E-state index in [0.717, 1.165) is 32.6 Å². The van der Waals surface area contributed by atoms with E-state index in [1.54, 1.807) is 0 Å². The van der Waals surface area contributed by atoms with Crippen LogP contribution in [0.15, 0.2) is 65.8 Å². The first-order valence-corrected chi connectivity index (χ1v) is 10.1. The van der Waals surface area contributed by atoms with E-state index >= 15 is 0 Å². The van der Waals surface area contributed by atoms with Gasteiger partial charge in [0.2, 0.25) is 5.91 Å². The Balaban J connectivity index is 1.54. The Morgan fingerprint density at radius 3 is 2.81 bits per heavy atom. The van der Waals surface area contributed by atoms with E-state index in [0.29, 0.717) is 17.3 Å². The minimum atomic E-state index is 0.0531. The first-order chi connectivity index (χ1) is 13.2. The highest BCUT2D eigenvalue weighted by molar-refractivity contribution is 7.99. The number of hydrogen-bond acceptors (Lipinski definition) is 3. The maximum atomic E-state index is 12.9. The normalized spacial score (nSPS) is 11.2. The number of aromatic nitrogens is 2. The molecule has 0 saturated heterocycles. The molecular formula is C21H18ClN3OS. The Morgan fingerprint density at radius 2 is 1.96 bits per heavy atom. The molecule has 0 aliphatic carbocycles. The lowest BCUT2D eigenvalue weighted by molar-refractivity contribution is -0.116. The molecular weight excluding hydrogens is 378 g/mol. The molecule has 1 heterocycles. The lowest BCUT2D eigenvalue weighted by Crippen LogP contribution is -2.32. The number of halogens is 1. The molecule has 27 heavy (non-hydrogen) atoms. The van der Waals surface area contributed by atoms with E-state index in [4.69, 9.17) is 11.6 Å². The van der Waals surface area contributed by atoms with Crippen LogP contribution in [0.4, 0.5) is 5.69 Å². The fraction of sp³-hybridized carbons (Fsp3) is 0.143. The van der Waals surface area contributed by atoms with Gasteiger partial charge in [-0.15, -0.1) is 0 Å². The van der Waals surface area contributed by atoms with Crippen LogP contribution in [-0.4, -0.2) is 28.2 Å². The Hall–Kier alpha value is -2.50. The Kier molecular flexibility index (Phi) is 5.05. The van der Waals surface area contributed by atoms with Crippen molar-refractivity contribution in [1.82, 2.24) is 9.97 Å². The molecule has 0 spiro atoms. The summed E-state index contributed by atoms with van der Waals surface area (Å²) in [4.78, 5) is 22.5. The van der Waals surface area contributed by atoms with Crippen LogP contribution < -0.4 is 4.90 Å². The summed E-state index contributed by atoms with van der Waals surface area (Å²) in [7, 11) is 0. The van der Waals surface area contributed by atoms with E-state index in [9.17, 15) is 4.79 Å². The van der Waals surface area contributed by atoms with Crippen molar-refractivity contribution in [2.45, 2.75) is 12.1 Å². The zero-order chi connectivity index (χ0) is 18.8. The third-order valence-corrected chi connectivity index (χ3v) is 5.52. The van der Waals surface area contributed by atoms with Crippen LogP contribution in [0.2, 0.25) is 5.02 Å². The van der Waals surface area contributed by atoms with Crippen LogP contribution in [0.1, 0.15) is 6.92 Å². The van der Waals surface area contributed by atoms with Gasteiger partial charge in [0.15, 0.2) is 5.16 Å². The number of thioether (sulfide) groups is 1. The standard InChI is InChI=1S/C21H18ClN3OS/c1-2-25(19-9-5-7-14-6-3-4-8-16(14)19)20(26)13-27-21-23-17-11-10-15(22)12-18(17)24-21/h3-12H,2,13H2,1H3,(H,23,24). The minimum absolute atomic E-state index is 0.0531. The maximum absolute atomic E-state index is 12.9. The summed E-state index contributed by atoms with van der Waals surface area (Å²) in [5, 5.41) is 3.59. The van der Waals surface area contributed by atoms with E-state index in [2.05, 4.69) is 28.2 Å². The third-order valence-electron chi connectivity index (χ3n) is 4.43. The summed E-state index contributed by atoms with van der Waals surface area (Å²) in [6.07, 6.45) is 0. The average Bonchev–Trinajstić information content (AvgIpc) is 3.09. The molecule has 3 aromatic carbocycles. The Labute approximate surface area is 166 Å². The van der Waals surface area contributed by atoms with Crippen molar-refractivity contribution in [3.63, 3.8) is 0 Å². The van der Waals surface area contributed by atoms with Gasteiger partial charge in [-0.05, 0) is 36.6 Å². The number of amides is 1. The summed E-state index contributed by atoms with van der Waals surface area (Å²) in [6.45, 7) is 2.61. The van der Waals surface area contributed by atoms with E-state index in [1.165, 1.54) is 11.8 Å². The lowest BCUT2D eigenvalue weighted by atomic mass is 10.1. The predicted molar refractivity (Wildman–Crippen MR) is 114 cm³/mol. The lowest BCUT2D eigenvalue weighted by Gasteiger charge is -2.22. The summed E-state index contributed by atoms with van der Waals surface area (Å²) < 4.78 is 0. The molecule has 1 aromatic heterocycles. The molecule has 0 radical (unpaired) electrons. The van der Waals surface area contributed by atoms with E-state index < -0.39 is 0 Å². The summed E-state index contributed by atoms with van der Waals surface area (Å²) in [5.41, 5.74) is 2.66. The van der Waals surface area contributed by atoms with Crippen molar-refractivity contribution >= 4 is 56.8 Å². The van der Waals surface area contributed by atoms with Gasteiger partial charge in [0.05, 0.1) is 22.5 Å². The second-order valence-corrected chi connectivity index (χ2v) is 7.53. The van der Waals surface area contributed by atoms with Gasteiger partial charge >= 0.3 is 0 Å². The molecule has 1 N–H and O–H groups in total. The molecule has 0 fully saturated rings. The fourth-order valence-corrected chi connectivity index (χ4v) is 4.09. The minimum Gasteiger partial charge on any atom is -0.333 e. The molecule has 0 aliphatic rings. The van der Waals surface area contributed by atoms with Crippen molar-refractivity contribution in [2.24, 2.45) is 0 Å². The Bertz CT molecular complexity index is 1120. The molecule has 0 saturated carbocycles. The van der Waals surface area contributed by atoms with Crippen LogP contribution in [0.25, 0.3) is 21.8 Å². The zero-order valence-corrected chi connectivity index (χ0v) is 16.3. The van der Waals surface area contributed by atoms with Crippen LogP contribution in [0.5, 0.6) is 0 Å². The molecule has 0 bridgehead atoms. The zero-order valence-electron chi connectivity index (χ0n) is 14.8. The number of imidazole rings is 1. The number of H-pyrrole nitrogens is 1. The second kappa shape index (κ2) is 7.62. The summed E-state index contributed by atoms with van der Waals surface area (Å²) in [5.74, 6) is 0.363. The third kappa shape index (κ3) is 3.66. The molecule has 0 atom stereocenters. The van der Waals surface area contributed by atoms with Gasteiger partial charge in [0.25, 0.3) is 0 Å². The van der Waals surface area contributed by atoms with Crippen LogP contribution in [0.3, 0.4) is 0 Å². The van der Waals surface area contributed by atoms with Crippen molar-refractivity contribution in [2.75, 3.05) is 17.2 Å². The number of aromatic amines is 1. The predicted octanol–water partition coefficient (Wildman–Crippen LogP) is 5.51. The SMILES string of the molecule is CCN(C(=O)CSc1nc2ccc(Cl)cc2[nH]1)c1cccc2ccccc12. The Morgan fingerprint density at radius 1 is 1.15 bits per heavy atom. The number of carbonyl (C=O) groups excluding carboxylic acids is 1. The van der Waals surface area contributed by atoms with Crippen LogP contribution in [0, 0.1) is 0 Å². The summed E-state index contributed by atoms with van der Waals surface area (Å²) >= 11 is 7.42. The number of rotatable bonds is 5. The van der Waals surface area contributed by atoms with Crippen molar-refractivity contribution in [1.29, 1.82) is 0 Å². The number of carbonyl (C=O) groups is 1. The highest BCUT2D eigenvalue weighted by Gasteiger charge is 2.17. The van der Waals surface area contributed by atoms with Crippen molar-refractivity contribution in [3.8, 4) is 0 Å². The molecule has 4 nitrogen and oxygen atoms in total. The van der Waals surface area contributed by atoms with Gasteiger partial charge in [-0.1, -0.05) is 59.8 Å². The first kappa shape index (κ1) is 17.9. The largest absolute Gasteiger partial charge is 0.333 e. The smallest absolute Gasteiger partial charge is 0.237 e. The van der Waals surface area contributed by atoms with Gasteiger partial charge in [0, 0.05) is 17.0 Å². The average molecular weight is 396 g/mol. The number of benzene rings is 3. The number of nitrogens with one attached hydrogen (secondary N) is 1. The van der Waals surface area contributed by atoms with Crippen LogP contribution in [-0.2, 0) is 4.79 Å². The highest BCUT2D eigenvalue weighted by Crippen LogP contribution is 2.28. The van der Waals surface area contributed by atoms with Crippen LogP contribution >= 0.6 is 23.4 Å². The topological polar surface area (TPSA) is 49.0 Å². The van der Waals surface area contributed by atoms with E-state index in [-0.39, 0.29) is 5.91 Å². The summed E-state index contributed by atoms with van der Waals surface area (Å²) in [6, 6.07) is 19.7.